The van der Waals surface area contributed by atoms with Crippen molar-refractivity contribution in [3.63, 3.8) is 0 Å². The first-order valence-electron chi connectivity index (χ1n) is 9.69. The van der Waals surface area contributed by atoms with Crippen molar-refractivity contribution in [1.29, 1.82) is 0 Å². The third kappa shape index (κ3) is 12.1. The minimum atomic E-state index is 1.10. The Morgan fingerprint density at radius 1 is 0.769 bits per heavy atom. The molecule has 0 rings (SSSR count). The van der Waals surface area contributed by atoms with Crippen LogP contribution in [0.1, 0.15) is 52.4 Å². The summed E-state index contributed by atoms with van der Waals surface area (Å²) >= 11 is 0. The number of hydrogen-bond acceptors (Lipinski definition) is 0. The highest BCUT2D eigenvalue weighted by Gasteiger charge is 1.97. The van der Waals surface area contributed by atoms with Gasteiger partial charge in [-0.2, -0.15) is 0 Å². The summed E-state index contributed by atoms with van der Waals surface area (Å²) in [4.78, 5) is 0. The Morgan fingerprint density at radius 3 is 2.12 bits per heavy atom. The molecule has 140 valence electrons. The van der Waals surface area contributed by atoms with Crippen LogP contribution in [0.5, 0.6) is 0 Å². The highest BCUT2D eigenvalue weighted by Crippen LogP contribution is 2.16. The maximum atomic E-state index is 3.85. The fraction of sp³-hybridized carbons (Fsp3) is 0.308. The molecule has 0 heterocycles. The van der Waals surface area contributed by atoms with Crippen LogP contribution < -0.4 is 0 Å². The van der Waals surface area contributed by atoms with Crippen LogP contribution in [0.4, 0.5) is 0 Å². The highest BCUT2D eigenvalue weighted by atomic mass is 14.0. The lowest BCUT2D eigenvalue weighted by molar-refractivity contribution is 0.637. The molecule has 0 aliphatic carbocycles. The largest absolute Gasteiger partial charge is 0.0991 e. The molecule has 0 radical (unpaired) electrons. The molecule has 0 saturated carbocycles. The average Bonchev–Trinajstić information content (AvgIpc) is 2.66. The minimum Gasteiger partial charge on any atom is -0.0991 e. The van der Waals surface area contributed by atoms with E-state index in [0.717, 1.165) is 23.1 Å². The van der Waals surface area contributed by atoms with E-state index >= 15 is 0 Å². The summed E-state index contributed by atoms with van der Waals surface area (Å²) in [6.07, 6.45) is 31.9. The Kier molecular flexibility index (Phi) is 15.9. The van der Waals surface area contributed by atoms with Gasteiger partial charge in [-0.15, -0.1) is 0 Å². The van der Waals surface area contributed by atoms with E-state index in [-0.39, 0.29) is 0 Å². The summed E-state index contributed by atoms with van der Waals surface area (Å²) in [6.45, 7) is 15.7. The van der Waals surface area contributed by atoms with Crippen molar-refractivity contribution < 1.29 is 0 Å². The van der Waals surface area contributed by atoms with Crippen molar-refractivity contribution >= 4 is 0 Å². The highest BCUT2D eigenvalue weighted by molar-refractivity contribution is 5.50. The third-order valence-corrected chi connectivity index (χ3v) is 3.95. The second-order valence-electron chi connectivity index (χ2n) is 6.03. The lowest BCUT2D eigenvalue weighted by Crippen LogP contribution is -1.84. The van der Waals surface area contributed by atoms with Crippen LogP contribution in [-0.2, 0) is 0 Å². The van der Waals surface area contributed by atoms with Gasteiger partial charge in [-0.25, -0.2) is 0 Å². The van der Waals surface area contributed by atoms with Gasteiger partial charge in [0.05, 0.1) is 0 Å². The molecule has 0 fully saturated rings. The van der Waals surface area contributed by atoms with E-state index in [4.69, 9.17) is 0 Å². The number of unbranched alkanes of at least 4 members (excludes halogenated alkanes) is 5. The number of hydrogen-bond donors (Lipinski definition) is 0. The van der Waals surface area contributed by atoms with Gasteiger partial charge >= 0.3 is 0 Å². The summed E-state index contributed by atoms with van der Waals surface area (Å²) in [5.41, 5.74) is 3.38. The Morgan fingerprint density at radius 2 is 1.50 bits per heavy atom. The molecule has 0 N–H and O–H groups in total. The lowest BCUT2D eigenvalue weighted by Gasteiger charge is -2.03. The van der Waals surface area contributed by atoms with E-state index in [1.807, 2.05) is 37.3 Å². The molecule has 0 saturated heterocycles. The SMILES string of the molecule is C=C\C=C/C(=C\C=C\C(C=C)=C\C)C(/C=C\CCCCCCC)=C/C=C. The predicted molar refractivity (Wildman–Crippen MR) is 121 cm³/mol. The molecular formula is C26H36. The molecule has 0 amide bonds. The minimum absolute atomic E-state index is 1.10. The molecule has 0 atom stereocenters. The smallest absolute Gasteiger partial charge is 0.0184 e. The van der Waals surface area contributed by atoms with Crippen molar-refractivity contribution in [3.05, 3.63) is 109 Å². The van der Waals surface area contributed by atoms with Crippen molar-refractivity contribution in [2.75, 3.05) is 0 Å². The van der Waals surface area contributed by atoms with E-state index in [2.05, 4.69) is 63.1 Å². The summed E-state index contributed by atoms with van der Waals surface area (Å²) in [7, 11) is 0. The third-order valence-electron chi connectivity index (χ3n) is 3.95. The second-order valence-corrected chi connectivity index (χ2v) is 6.03. The Balaban J connectivity index is 5.15. The zero-order valence-electron chi connectivity index (χ0n) is 16.8. The van der Waals surface area contributed by atoms with E-state index in [1.165, 1.54) is 32.1 Å². The quantitative estimate of drug-likeness (QED) is 0.218. The van der Waals surface area contributed by atoms with Gasteiger partial charge in [0.2, 0.25) is 0 Å². The molecule has 0 spiro atoms. The summed E-state index contributed by atoms with van der Waals surface area (Å²) < 4.78 is 0. The van der Waals surface area contributed by atoms with E-state index in [9.17, 15) is 0 Å². The van der Waals surface area contributed by atoms with Gasteiger partial charge in [0.1, 0.15) is 0 Å². The zero-order chi connectivity index (χ0) is 19.5. The van der Waals surface area contributed by atoms with Gasteiger partial charge in [0.25, 0.3) is 0 Å². The van der Waals surface area contributed by atoms with Crippen LogP contribution in [0.3, 0.4) is 0 Å². The fourth-order valence-electron chi connectivity index (χ4n) is 2.42. The van der Waals surface area contributed by atoms with E-state index in [0.29, 0.717) is 0 Å². The van der Waals surface area contributed by atoms with Gasteiger partial charge < -0.3 is 0 Å². The molecule has 0 aliphatic heterocycles. The Labute approximate surface area is 162 Å². The second kappa shape index (κ2) is 17.5. The number of allylic oxidation sites excluding steroid dienone is 15. The van der Waals surface area contributed by atoms with Crippen molar-refractivity contribution in [2.24, 2.45) is 0 Å². The van der Waals surface area contributed by atoms with Crippen molar-refractivity contribution in [1.82, 2.24) is 0 Å². The fourth-order valence-corrected chi connectivity index (χ4v) is 2.42. The molecule has 0 aromatic rings. The van der Waals surface area contributed by atoms with Crippen molar-refractivity contribution in [3.8, 4) is 0 Å². The summed E-state index contributed by atoms with van der Waals surface area (Å²) in [5, 5.41) is 0. The van der Waals surface area contributed by atoms with Crippen LogP contribution in [0.2, 0.25) is 0 Å². The molecule has 0 aliphatic rings. The molecule has 0 bridgehead atoms. The summed E-state index contributed by atoms with van der Waals surface area (Å²) in [6, 6.07) is 0. The molecule has 26 heavy (non-hydrogen) atoms. The first-order chi connectivity index (χ1) is 12.7. The first-order valence-corrected chi connectivity index (χ1v) is 9.69. The molecule has 0 aromatic heterocycles. The van der Waals surface area contributed by atoms with Gasteiger partial charge in [-0.05, 0) is 36.5 Å². The van der Waals surface area contributed by atoms with Gasteiger partial charge in [-0.1, -0.05) is 125 Å². The molecule has 0 heteroatoms. The molecule has 0 nitrogen and oxygen atoms in total. The van der Waals surface area contributed by atoms with Crippen LogP contribution in [0, 0.1) is 0 Å². The number of rotatable bonds is 14. The Bertz CT molecular complexity index is 586. The van der Waals surface area contributed by atoms with E-state index < -0.39 is 0 Å². The van der Waals surface area contributed by atoms with Gasteiger partial charge in [0.15, 0.2) is 0 Å². The predicted octanol–water partition coefficient (Wildman–Crippen LogP) is 8.37. The molecule has 0 unspecified atom stereocenters. The van der Waals surface area contributed by atoms with Gasteiger partial charge in [0, 0.05) is 0 Å². The van der Waals surface area contributed by atoms with Crippen LogP contribution in [0.25, 0.3) is 0 Å². The average molecular weight is 349 g/mol. The summed E-state index contributed by atoms with van der Waals surface area (Å²) in [5.74, 6) is 0. The molecular weight excluding hydrogens is 312 g/mol. The standard InChI is InChI=1S/C26H36/c1-6-11-13-14-15-16-17-22-25(19-8-3)26(21-12-7-2)23-18-20-24(9-4)10-5/h7-10,12,17-23H,2-4,6,11,13-16H2,1,5H3/b20-18+,21-12-,22-17-,24-10+,25-19+,26-23+. The Hall–Kier alpha value is -2.34. The van der Waals surface area contributed by atoms with Crippen LogP contribution >= 0.6 is 0 Å². The van der Waals surface area contributed by atoms with Crippen molar-refractivity contribution in [2.45, 2.75) is 52.4 Å². The topological polar surface area (TPSA) is 0 Å². The first kappa shape index (κ1) is 23.7. The maximum Gasteiger partial charge on any atom is -0.0184 e. The normalized spacial score (nSPS) is 13.8. The van der Waals surface area contributed by atoms with Crippen LogP contribution in [0.15, 0.2) is 109 Å². The van der Waals surface area contributed by atoms with E-state index in [1.54, 1.807) is 6.08 Å². The molecule has 0 aromatic carbocycles. The zero-order valence-corrected chi connectivity index (χ0v) is 16.8. The van der Waals surface area contributed by atoms with Crippen LogP contribution in [-0.4, -0.2) is 0 Å². The maximum absolute atomic E-state index is 3.85. The lowest BCUT2D eigenvalue weighted by atomic mass is 10.0. The monoisotopic (exact) mass is 348 g/mol. The van der Waals surface area contributed by atoms with Gasteiger partial charge in [-0.3, -0.25) is 0 Å².